The third kappa shape index (κ3) is 4.81. The van der Waals surface area contributed by atoms with E-state index in [0.717, 1.165) is 11.4 Å². The summed E-state index contributed by atoms with van der Waals surface area (Å²) in [6, 6.07) is 75.3. The van der Waals surface area contributed by atoms with E-state index in [1.54, 1.807) is 0 Å². The van der Waals surface area contributed by atoms with Crippen LogP contribution in [0.5, 0.6) is 0 Å². The van der Waals surface area contributed by atoms with Gasteiger partial charge in [-0.2, -0.15) is 0 Å². The molecule has 0 unspecified atom stereocenters. The Morgan fingerprint density at radius 1 is 0.241 bits per heavy atom. The largest absolute Gasteiger partial charge is 0.309 e. The van der Waals surface area contributed by atoms with Crippen molar-refractivity contribution >= 4 is 54.4 Å². The molecule has 0 fully saturated rings. The number of benzene rings is 9. The summed E-state index contributed by atoms with van der Waals surface area (Å²) in [6.45, 7) is 0. The summed E-state index contributed by atoms with van der Waals surface area (Å²) in [5.74, 6) is 0. The Labute approximate surface area is 313 Å². The van der Waals surface area contributed by atoms with Gasteiger partial charge in [-0.15, -0.1) is 0 Å². The molecule has 11 rings (SSSR count). The molecule has 0 radical (unpaired) electrons. The van der Waals surface area contributed by atoms with Gasteiger partial charge in [0.25, 0.3) is 0 Å². The van der Waals surface area contributed by atoms with E-state index in [1.807, 2.05) is 0 Å². The fourth-order valence-corrected chi connectivity index (χ4v) is 8.57. The molecule has 0 saturated heterocycles. The van der Waals surface area contributed by atoms with Crippen molar-refractivity contribution in [1.29, 1.82) is 0 Å². The van der Waals surface area contributed by atoms with Crippen LogP contribution < -0.4 is 0 Å². The van der Waals surface area contributed by atoms with Gasteiger partial charge in [0.1, 0.15) is 0 Å². The molecule has 11 aromatic rings. The van der Waals surface area contributed by atoms with Gasteiger partial charge in [0.2, 0.25) is 0 Å². The van der Waals surface area contributed by atoms with E-state index in [2.05, 4.69) is 215 Å². The Balaban J connectivity index is 1.03. The van der Waals surface area contributed by atoms with Crippen LogP contribution in [-0.2, 0) is 0 Å². The highest BCUT2D eigenvalue weighted by molar-refractivity contribution is 6.10. The average Bonchev–Trinajstić information content (AvgIpc) is 3.77. The SMILES string of the molecule is c1ccc2cc(-c3cc(-c4ccc(-n5c6ccccc6c6ccccc65)cc4)ccc3-c3ccc(-n4c5ccccc5c5ccccc54)cc3)ccc2c1. The van der Waals surface area contributed by atoms with Crippen molar-refractivity contribution in [1.82, 2.24) is 9.13 Å². The van der Waals surface area contributed by atoms with E-state index in [9.17, 15) is 0 Å². The summed E-state index contributed by atoms with van der Waals surface area (Å²) >= 11 is 0. The van der Waals surface area contributed by atoms with Crippen LogP contribution in [0.25, 0.3) is 99.1 Å². The van der Waals surface area contributed by atoms with Crippen molar-refractivity contribution in [3.8, 4) is 44.8 Å². The first-order chi connectivity index (χ1) is 26.8. The van der Waals surface area contributed by atoms with E-state index in [1.165, 1.54) is 87.8 Å². The lowest BCUT2D eigenvalue weighted by Crippen LogP contribution is -1.94. The second kappa shape index (κ2) is 12.2. The Morgan fingerprint density at radius 2 is 0.648 bits per heavy atom. The highest BCUT2D eigenvalue weighted by atomic mass is 15.0. The Morgan fingerprint density at radius 3 is 1.17 bits per heavy atom. The number of nitrogens with zero attached hydrogens (tertiary/aromatic N) is 2. The fourth-order valence-electron chi connectivity index (χ4n) is 8.57. The maximum Gasteiger partial charge on any atom is 0.0541 e. The lowest BCUT2D eigenvalue weighted by molar-refractivity contribution is 1.18. The molecule has 54 heavy (non-hydrogen) atoms. The van der Waals surface area contributed by atoms with E-state index < -0.39 is 0 Å². The van der Waals surface area contributed by atoms with Crippen LogP contribution >= 0.6 is 0 Å². The zero-order valence-electron chi connectivity index (χ0n) is 29.5. The molecular formula is C52H34N2. The summed E-state index contributed by atoms with van der Waals surface area (Å²) in [6.07, 6.45) is 0. The van der Waals surface area contributed by atoms with Crippen LogP contribution in [0.3, 0.4) is 0 Å². The zero-order valence-corrected chi connectivity index (χ0v) is 29.5. The number of rotatable bonds is 5. The zero-order chi connectivity index (χ0) is 35.6. The highest BCUT2D eigenvalue weighted by Gasteiger charge is 2.15. The predicted molar refractivity (Wildman–Crippen MR) is 229 cm³/mol. The number of hydrogen-bond acceptors (Lipinski definition) is 0. The smallest absolute Gasteiger partial charge is 0.0541 e. The molecule has 9 aromatic carbocycles. The minimum Gasteiger partial charge on any atom is -0.309 e. The van der Waals surface area contributed by atoms with Gasteiger partial charge < -0.3 is 9.13 Å². The van der Waals surface area contributed by atoms with Crippen LogP contribution in [0.15, 0.2) is 206 Å². The monoisotopic (exact) mass is 686 g/mol. The van der Waals surface area contributed by atoms with Crippen LogP contribution in [0, 0.1) is 0 Å². The minimum atomic E-state index is 1.16. The Hall–Kier alpha value is -7.16. The maximum atomic E-state index is 2.38. The van der Waals surface area contributed by atoms with Crippen molar-refractivity contribution in [3.63, 3.8) is 0 Å². The molecule has 0 atom stereocenters. The average molecular weight is 687 g/mol. The number of fused-ring (bicyclic) bond motifs is 7. The summed E-state index contributed by atoms with van der Waals surface area (Å²) in [5, 5.41) is 7.58. The summed E-state index contributed by atoms with van der Waals surface area (Å²) in [4.78, 5) is 0. The van der Waals surface area contributed by atoms with Gasteiger partial charge in [-0.25, -0.2) is 0 Å². The molecule has 252 valence electrons. The second-order valence-electron chi connectivity index (χ2n) is 14.2. The van der Waals surface area contributed by atoms with E-state index in [4.69, 9.17) is 0 Å². The normalized spacial score (nSPS) is 11.7. The summed E-state index contributed by atoms with van der Waals surface area (Å²) < 4.78 is 4.76. The van der Waals surface area contributed by atoms with E-state index >= 15 is 0 Å². The minimum absolute atomic E-state index is 1.16. The molecule has 0 saturated carbocycles. The maximum absolute atomic E-state index is 2.38. The van der Waals surface area contributed by atoms with Gasteiger partial charge in [-0.3, -0.25) is 0 Å². The number of hydrogen-bond donors (Lipinski definition) is 0. The van der Waals surface area contributed by atoms with Crippen LogP contribution in [0.4, 0.5) is 0 Å². The van der Waals surface area contributed by atoms with E-state index in [0.29, 0.717) is 0 Å². The summed E-state index contributed by atoms with van der Waals surface area (Å²) in [7, 11) is 0. The third-order valence-electron chi connectivity index (χ3n) is 11.1. The van der Waals surface area contributed by atoms with Crippen molar-refractivity contribution in [2.75, 3.05) is 0 Å². The van der Waals surface area contributed by atoms with E-state index in [-0.39, 0.29) is 0 Å². The molecule has 2 heteroatoms. The molecular weight excluding hydrogens is 653 g/mol. The van der Waals surface area contributed by atoms with Crippen molar-refractivity contribution in [2.45, 2.75) is 0 Å². The molecule has 0 spiro atoms. The lowest BCUT2D eigenvalue weighted by atomic mass is 9.90. The van der Waals surface area contributed by atoms with Crippen molar-refractivity contribution < 1.29 is 0 Å². The molecule has 0 aliphatic rings. The number of para-hydroxylation sites is 4. The van der Waals surface area contributed by atoms with Crippen LogP contribution in [0.2, 0.25) is 0 Å². The van der Waals surface area contributed by atoms with Gasteiger partial charge in [0.05, 0.1) is 22.1 Å². The summed E-state index contributed by atoms with van der Waals surface area (Å²) in [5.41, 5.74) is 14.4. The van der Waals surface area contributed by atoms with Crippen molar-refractivity contribution in [2.24, 2.45) is 0 Å². The highest BCUT2D eigenvalue weighted by Crippen LogP contribution is 2.39. The lowest BCUT2D eigenvalue weighted by Gasteiger charge is -2.15. The van der Waals surface area contributed by atoms with Gasteiger partial charge in [-0.1, -0.05) is 146 Å². The van der Waals surface area contributed by atoms with Gasteiger partial charge in [0, 0.05) is 32.9 Å². The topological polar surface area (TPSA) is 9.86 Å². The molecule has 2 aromatic heterocycles. The van der Waals surface area contributed by atoms with Crippen LogP contribution in [-0.4, -0.2) is 9.13 Å². The van der Waals surface area contributed by atoms with Gasteiger partial charge >= 0.3 is 0 Å². The molecule has 0 amide bonds. The molecule has 0 N–H and O–H groups in total. The Kier molecular flexibility index (Phi) is 6.90. The molecule has 2 heterocycles. The molecule has 0 aliphatic carbocycles. The van der Waals surface area contributed by atoms with Crippen molar-refractivity contribution in [3.05, 3.63) is 206 Å². The Bertz CT molecular complexity index is 3090. The quantitative estimate of drug-likeness (QED) is 0.171. The first-order valence-corrected chi connectivity index (χ1v) is 18.6. The molecule has 0 bridgehead atoms. The first-order valence-electron chi connectivity index (χ1n) is 18.6. The van der Waals surface area contributed by atoms with Gasteiger partial charge in [-0.05, 0) is 105 Å². The number of aromatic nitrogens is 2. The van der Waals surface area contributed by atoms with Crippen LogP contribution in [0.1, 0.15) is 0 Å². The van der Waals surface area contributed by atoms with Gasteiger partial charge in [0.15, 0.2) is 0 Å². The fraction of sp³-hybridized carbons (Fsp3) is 0. The second-order valence-corrected chi connectivity index (χ2v) is 14.2. The standard InChI is InChI=1S/C52H34N2/c1-2-12-38-33-40(22-21-35(38)11-1)48-34-39(36-23-28-41(29-24-36)53-49-17-7-3-13-44(49)45-14-4-8-18-50(45)53)27-32-43(48)37-25-30-42(31-26-37)54-51-19-9-5-15-46(51)47-16-6-10-20-52(47)54/h1-34H. The third-order valence-corrected chi connectivity index (χ3v) is 11.1. The first kappa shape index (κ1) is 30.5. The molecule has 2 nitrogen and oxygen atoms in total. The predicted octanol–water partition coefficient (Wildman–Crippen LogP) is 14.0. The molecule has 0 aliphatic heterocycles.